The smallest absolute Gasteiger partial charge is 0.338 e. The van der Waals surface area contributed by atoms with Crippen molar-refractivity contribution < 1.29 is 28.7 Å². The lowest BCUT2D eigenvalue weighted by atomic mass is 10.2. The second kappa shape index (κ2) is 8.86. The zero-order valence-corrected chi connectivity index (χ0v) is 15.1. The molecule has 0 aliphatic carbocycles. The van der Waals surface area contributed by atoms with Crippen LogP contribution >= 0.6 is 11.6 Å². The average Bonchev–Trinajstić information content (AvgIpc) is 2.65. The van der Waals surface area contributed by atoms with Crippen LogP contribution in [0.3, 0.4) is 0 Å². The van der Waals surface area contributed by atoms with Gasteiger partial charge in [-0.25, -0.2) is 4.79 Å². The highest BCUT2D eigenvalue weighted by atomic mass is 35.5. The van der Waals surface area contributed by atoms with E-state index in [0.29, 0.717) is 0 Å². The summed E-state index contributed by atoms with van der Waals surface area (Å²) in [5, 5.41) is 13.4. The number of para-hydroxylation sites is 2. The number of carbonyl (C=O) groups excluding carboxylic acids is 2. The molecule has 2 rings (SSSR count). The summed E-state index contributed by atoms with van der Waals surface area (Å²) in [6.45, 7) is -0.642. The molecule has 0 radical (unpaired) electrons. The summed E-state index contributed by atoms with van der Waals surface area (Å²) in [4.78, 5) is 34.4. The van der Waals surface area contributed by atoms with Crippen molar-refractivity contribution in [1.82, 2.24) is 0 Å². The lowest BCUT2D eigenvalue weighted by Gasteiger charge is -2.11. The van der Waals surface area contributed by atoms with Crippen LogP contribution in [0.2, 0.25) is 5.02 Å². The Kier molecular flexibility index (Phi) is 6.56. The number of nitro groups is 1. The summed E-state index contributed by atoms with van der Waals surface area (Å²) in [5.74, 6) is -1.08. The molecular weight excluding hydrogens is 380 g/mol. The van der Waals surface area contributed by atoms with Gasteiger partial charge in [-0.3, -0.25) is 14.9 Å². The van der Waals surface area contributed by atoms with Crippen LogP contribution in [0.4, 0.5) is 11.4 Å². The summed E-state index contributed by atoms with van der Waals surface area (Å²) in [6.07, 6.45) is 0. The van der Waals surface area contributed by atoms with E-state index in [1.807, 2.05) is 0 Å². The van der Waals surface area contributed by atoms with Crippen molar-refractivity contribution in [1.29, 1.82) is 0 Å². The molecule has 1 amide bonds. The molecule has 0 aromatic heterocycles. The maximum Gasteiger partial charge on any atom is 0.338 e. The van der Waals surface area contributed by atoms with E-state index in [0.717, 1.165) is 0 Å². The molecule has 142 valence electrons. The Bertz CT molecular complexity index is 886. The molecule has 0 aliphatic rings. The number of ether oxygens (including phenoxy) is 3. The number of methoxy groups -OCH3 is 2. The number of rotatable bonds is 7. The maximum atomic E-state index is 12.1. The average molecular weight is 395 g/mol. The van der Waals surface area contributed by atoms with Crippen LogP contribution < -0.4 is 14.8 Å². The molecule has 0 atom stereocenters. The van der Waals surface area contributed by atoms with Crippen LogP contribution in [-0.2, 0) is 9.53 Å². The fourth-order valence-corrected chi connectivity index (χ4v) is 2.46. The molecule has 27 heavy (non-hydrogen) atoms. The van der Waals surface area contributed by atoms with Crippen LogP contribution in [0.5, 0.6) is 11.5 Å². The number of amides is 1. The zero-order chi connectivity index (χ0) is 20.0. The third-order valence-corrected chi connectivity index (χ3v) is 3.66. The zero-order valence-electron chi connectivity index (χ0n) is 14.4. The summed E-state index contributed by atoms with van der Waals surface area (Å²) in [7, 11) is 2.78. The molecule has 0 fully saturated rings. The van der Waals surface area contributed by atoms with Gasteiger partial charge >= 0.3 is 5.97 Å². The monoisotopic (exact) mass is 394 g/mol. The highest BCUT2D eigenvalue weighted by Gasteiger charge is 2.19. The number of nitrogens with zero attached hydrogens (tertiary/aromatic N) is 1. The molecule has 0 saturated carbocycles. The van der Waals surface area contributed by atoms with E-state index < -0.39 is 23.4 Å². The second-order valence-corrected chi connectivity index (χ2v) is 5.50. The highest BCUT2D eigenvalue weighted by Crippen LogP contribution is 2.36. The van der Waals surface area contributed by atoms with Gasteiger partial charge in [0.2, 0.25) is 0 Å². The summed E-state index contributed by atoms with van der Waals surface area (Å²) >= 11 is 6.02. The van der Waals surface area contributed by atoms with Gasteiger partial charge in [0.25, 0.3) is 11.6 Å². The highest BCUT2D eigenvalue weighted by molar-refractivity contribution is 6.32. The maximum absolute atomic E-state index is 12.1. The number of carbonyl (C=O) groups is 2. The molecule has 2 aromatic rings. The normalized spacial score (nSPS) is 10.0. The molecule has 2 aromatic carbocycles. The Hall–Kier alpha value is -3.33. The van der Waals surface area contributed by atoms with E-state index in [4.69, 9.17) is 25.8 Å². The molecular formula is C17H15ClN2O7. The van der Waals surface area contributed by atoms with Crippen LogP contribution in [0.15, 0.2) is 36.4 Å². The van der Waals surface area contributed by atoms with Gasteiger partial charge in [0.15, 0.2) is 18.1 Å². The summed E-state index contributed by atoms with van der Waals surface area (Å²) in [5.41, 5.74) is -0.224. The van der Waals surface area contributed by atoms with E-state index in [1.165, 1.54) is 50.6 Å². The van der Waals surface area contributed by atoms with Crippen molar-refractivity contribution in [3.63, 3.8) is 0 Å². The van der Waals surface area contributed by atoms with E-state index >= 15 is 0 Å². The first-order valence-corrected chi connectivity index (χ1v) is 7.87. The molecule has 0 spiro atoms. The van der Waals surface area contributed by atoms with E-state index in [9.17, 15) is 19.7 Å². The number of hydrogen-bond donors (Lipinski definition) is 1. The van der Waals surface area contributed by atoms with Gasteiger partial charge < -0.3 is 19.5 Å². The number of hydrogen-bond acceptors (Lipinski definition) is 7. The van der Waals surface area contributed by atoms with Gasteiger partial charge in [0.05, 0.1) is 29.7 Å². The number of benzene rings is 2. The van der Waals surface area contributed by atoms with E-state index in [-0.39, 0.29) is 33.5 Å². The minimum absolute atomic E-state index is 0.00212. The standard InChI is InChI=1S/C17H15ClN2O7/c1-25-14-8-10(7-11(18)16(14)26-2)17(22)27-9-15(21)19-12-5-3-4-6-13(12)20(23)24/h3-8H,9H2,1-2H3,(H,19,21). The van der Waals surface area contributed by atoms with E-state index in [2.05, 4.69) is 5.32 Å². The molecule has 1 N–H and O–H groups in total. The first-order chi connectivity index (χ1) is 12.9. The molecule has 0 heterocycles. The number of nitro benzene ring substituents is 1. The molecule has 0 saturated heterocycles. The first kappa shape index (κ1) is 20.0. The van der Waals surface area contributed by atoms with Gasteiger partial charge in [-0.05, 0) is 18.2 Å². The Morgan fingerprint density at radius 1 is 1.19 bits per heavy atom. The van der Waals surface area contributed by atoms with Gasteiger partial charge in [-0.1, -0.05) is 23.7 Å². The Morgan fingerprint density at radius 3 is 2.52 bits per heavy atom. The van der Waals surface area contributed by atoms with Crippen molar-refractivity contribution in [3.05, 3.63) is 57.1 Å². The Labute approximate surface area is 158 Å². The van der Waals surface area contributed by atoms with Crippen molar-refractivity contribution >= 4 is 34.9 Å². The van der Waals surface area contributed by atoms with Gasteiger partial charge in [0.1, 0.15) is 5.69 Å². The van der Waals surface area contributed by atoms with E-state index in [1.54, 1.807) is 0 Å². The quantitative estimate of drug-likeness (QED) is 0.435. The number of nitrogens with one attached hydrogen (secondary N) is 1. The van der Waals surface area contributed by atoms with Gasteiger partial charge in [0, 0.05) is 6.07 Å². The fraction of sp³-hybridized carbons (Fsp3) is 0.176. The van der Waals surface area contributed by atoms with Crippen LogP contribution in [0, 0.1) is 10.1 Å². The molecule has 9 nitrogen and oxygen atoms in total. The molecule has 0 bridgehead atoms. The summed E-state index contributed by atoms with van der Waals surface area (Å²) < 4.78 is 15.1. The largest absolute Gasteiger partial charge is 0.493 e. The molecule has 10 heteroatoms. The van der Waals surface area contributed by atoms with Crippen LogP contribution in [0.1, 0.15) is 10.4 Å². The SMILES string of the molecule is COc1cc(C(=O)OCC(=O)Nc2ccccc2[N+](=O)[O-])cc(Cl)c1OC. The van der Waals surface area contributed by atoms with Crippen molar-refractivity contribution in [2.24, 2.45) is 0 Å². The third-order valence-electron chi connectivity index (χ3n) is 3.38. The molecule has 0 unspecified atom stereocenters. The van der Waals surface area contributed by atoms with Crippen molar-refractivity contribution in [2.45, 2.75) is 0 Å². The number of esters is 1. The van der Waals surface area contributed by atoms with Gasteiger partial charge in [-0.2, -0.15) is 0 Å². The van der Waals surface area contributed by atoms with Crippen molar-refractivity contribution in [3.8, 4) is 11.5 Å². The fourth-order valence-electron chi connectivity index (χ4n) is 2.18. The minimum Gasteiger partial charge on any atom is -0.493 e. The van der Waals surface area contributed by atoms with Crippen molar-refractivity contribution in [2.75, 3.05) is 26.1 Å². The van der Waals surface area contributed by atoms with Gasteiger partial charge in [-0.15, -0.1) is 0 Å². The lowest BCUT2D eigenvalue weighted by molar-refractivity contribution is -0.383. The minimum atomic E-state index is -0.824. The second-order valence-electron chi connectivity index (χ2n) is 5.09. The van der Waals surface area contributed by atoms with Crippen LogP contribution in [-0.4, -0.2) is 37.6 Å². The summed E-state index contributed by atoms with van der Waals surface area (Å²) in [6, 6.07) is 8.27. The topological polar surface area (TPSA) is 117 Å². The Balaban J connectivity index is 2.05. The number of halogens is 1. The predicted molar refractivity (Wildman–Crippen MR) is 96.6 cm³/mol. The Morgan fingerprint density at radius 2 is 1.89 bits per heavy atom. The number of anilines is 1. The first-order valence-electron chi connectivity index (χ1n) is 7.49. The van der Waals surface area contributed by atoms with Crippen LogP contribution in [0.25, 0.3) is 0 Å². The molecule has 0 aliphatic heterocycles. The predicted octanol–water partition coefficient (Wildman–Crippen LogP) is 3.06. The lowest BCUT2D eigenvalue weighted by Crippen LogP contribution is -2.21. The third kappa shape index (κ3) is 4.85.